The Labute approximate surface area is 145 Å². The van der Waals surface area contributed by atoms with Gasteiger partial charge in [0.1, 0.15) is 11.4 Å². The molecular formula is C19H18F2N2S. The van der Waals surface area contributed by atoms with E-state index in [0.717, 1.165) is 12.0 Å². The molecule has 0 radical (unpaired) electrons. The van der Waals surface area contributed by atoms with Crippen molar-refractivity contribution in [3.63, 3.8) is 0 Å². The standard InChI is InChI=1S/C19H18F2N2S/c1-12-2-4-13(5-3-12)14-6-8-15(9-7-14)18-16(20)10-17(22-11-24)19(21)23-18/h6-10,12-13H,2-5H2,1H3. The third kappa shape index (κ3) is 3.58. The zero-order valence-corrected chi connectivity index (χ0v) is 14.2. The van der Waals surface area contributed by atoms with Gasteiger partial charge in [0.2, 0.25) is 5.95 Å². The van der Waals surface area contributed by atoms with Crippen LogP contribution in [0.25, 0.3) is 11.3 Å². The summed E-state index contributed by atoms with van der Waals surface area (Å²) in [5, 5.41) is 2.02. The van der Waals surface area contributed by atoms with Crippen molar-refractivity contribution in [2.24, 2.45) is 10.9 Å². The van der Waals surface area contributed by atoms with Gasteiger partial charge in [-0.05, 0) is 42.5 Å². The summed E-state index contributed by atoms with van der Waals surface area (Å²) < 4.78 is 28.0. The van der Waals surface area contributed by atoms with Crippen LogP contribution in [0.1, 0.15) is 44.1 Å². The molecule has 0 spiro atoms. The Kier molecular flexibility index (Phi) is 5.12. The Bertz CT molecular complexity index is 775. The average Bonchev–Trinajstić information content (AvgIpc) is 2.59. The predicted octanol–water partition coefficient (Wildman–Crippen LogP) is 6.05. The predicted molar refractivity (Wildman–Crippen MR) is 94.6 cm³/mol. The van der Waals surface area contributed by atoms with E-state index < -0.39 is 11.8 Å². The van der Waals surface area contributed by atoms with Crippen LogP contribution in [-0.2, 0) is 0 Å². The highest BCUT2D eigenvalue weighted by Gasteiger charge is 2.20. The largest absolute Gasteiger partial charge is 0.240 e. The van der Waals surface area contributed by atoms with Crippen molar-refractivity contribution >= 4 is 23.1 Å². The van der Waals surface area contributed by atoms with E-state index in [-0.39, 0.29) is 11.4 Å². The fraction of sp³-hybridized carbons (Fsp3) is 0.368. The number of hydrogen-bond acceptors (Lipinski definition) is 3. The van der Waals surface area contributed by atoms with Gasteiger partial charge < -0.3 is 0 Å². The van der Waals surface area contributed by atoms with Crippen molar-refractivity contribution < 1.29 is 8.78 Å². The summed E-state index contributed by atoms with van der Waals surface area (Å²) in [5.41, 5.74) is 1.56. The summed E-state index contributed by atoms with van der Waals surface area (Å²) in [5.74, 6) is -0.117. The van der Waals surface area contributed by atoms with Gasteiger partial charge in [-0.2, -0.15) is 9.38 Å². The van der Waals surface area contributed by atoms with Crippen LogP contribution in [0, 0.1) is 17.7 Å². The van der Waals surface area contributed by atoms with Crippen LogP contribution in [0.3, 0.4) is 0 Å². The van der Waals surface area contributed by atoms with E-state index in [1.165, 1.54) is 31.2 Å². The fourth-order valence-corrected chi connectivity index (χ4v) is 3.39. The molecule has 1 saturated carbocycles. The number of aromatic nitrogens is 1. The molecule has 1 fully saturated rings. The number of isothiocyanates is 1. The Morgan fingerprint density at radius 1 is 1.12 bits per heavy atom. The molecule has 1 aromatic carbocycles. The normalized spacial score (nSPS) is 20.5. The number of hydrogen-bond donors (Lipinski definition) is 0. The minimum Gasteiger partial charge on any atom is -0.215 e. The lowest BCUT2D eigenvalue weighted by molar-refractivity contribution is 0.348. The van der Waals surface area contributed by atoms with E-state index >= 15 is 0 Å². The van der Waals surface area contributed by atoms with Crippen molar-refractivity contribution in [3.8, 4) is 11.3 Å². The molecule has 124 valence electrons. The van der Waals surface area contributed by atoms with Gasteiger partial charge >= 0.3 is 0 Å². The second-order valence-corrected chi connectivity index (χ2v) is 6.59. The Morgan fingerprint density at radius 3 is 2.42 bits per heavy atom. The molecule has 1 heterocycles. The highest BCUT2D eigenvalue weighted by atomic mass is 32.1. The van der Waals surface area contributed by atoms with Gasteiger partial charge in [0.15, 0.2) is 5.82 Å². The van der Waals surface area contributed by atoms with Gasteiger partial charge in [-0.25, -0.2) is 9.37 Å². The van der Waals surface area contributed by atoms with Crippen molar-refractivity contribution in [1.29, 1.82) is 0 Å². The summed E-state index contributed by atoms with van der Waals surface area (Å²) in [7, 11) is 0. The molecule has 1 aromatic heterocycles. The first-order chi connectivity index (χ1) is 11.6. The van der Waals surface area contributed by atoms with Gasteiger partial charge in [-0.1, -0.05) is 44.0 Å². The smallest absolute Gasteiger partial charge is 0.215 e. The van der Waals surface area contributed by atoms with Crippen LogP contribution in [-0.4, -0.2) is 10.1 Å². The van der Waals surface area contributed by atoms with Gasteiger partial charge in [-0.3, -0.25) is 0 Å². The maximum Gasteiger partial charge on any atom is 0.240 e. The first-order valence-corrected chi connectivity index (χ1v) is 8.53. The molecule has 0 N–H and O–H groups in total. The van der Waals surface area contributed by atoms with Crippen LogP contribution in [0.4, 0.5) is 14.5 Å². The summed E-state index contributed by atoms with van der Waals surface area (Å²) in [4.78, 5) is 7.16. The van der Waals surface area contributed by atoms with E-state index in [1.807, 2.05) is 17.3 Å². The molecule has 0 aliphatic heterocycles. The molecular weight excluding hydrogens is 326 g/mol. The number of thiocarbonyl (C=S) groups is 1. The van der Waals surface area contributed by atoms with E-state index in [4.69, 9.17) is 0 Å². The number of aliphatic imine (C=N–C) groups is 1. The van der Waals surface area contributed by atoms with Crippen LogP contribution < -0.4 is 0 Å². The lowest BCUT2D eigenvalue weighted by atomic mass is 9.79. The van der Waals surface area contributed by atoms with Crippen LogP contribution in [0.5, 0.6) is 0 Å². The second-order valence-electron chi connectivity index (χ2n) is 6.41. The first kappa shape index (κ1) is 16.9. The highest BCUT2D eigenvalue weighted by Crippen LogP contribution is 2.36. The molecule has 5 heteroatoms. The van der Waals surface area contributed by atoms with Crippen LogP contribution >= 0.6 is 12.2 Å². The molecule has 0 atom stereocenters. The van der Waals surface area contributed by atoms with Gasteiger partial charge in [-0.15, -0.1) is 0 Å². The molecule has 2 aromatic rings. The topological polar surface area (TPSA) is 25.2 Å². The SMILES string of the molecule is CC1CCC(c2ccc(-c3nc(F)c(N=C=S)cc3F)cc2)CC1. The molecule has 0 bridgehead atoms. The maximum atomic E-state index is 14.2. The third-order valence-electron chi connectivity index (χ3n) is 4.75. The third-order valence-corrected chi connectivity index (χ3v) is 4.84. The molecule has 0 saturated heterocycles. The van der Waals surface area contributed by atoms with E-state index in [1.54, 1.807) is 12.1 Å². The monoisotopic (exact) mass is 344 g/mol. The average molecular weight is 344 g/mol. The summed E-state index contributed by atoms with van der Waals surface area (Å²) in [6, 6.07) is 8.60. The van der Waals surface area contributed by atoms with E-state index in [9.17, 15) is 8.78 Å². The minimum atomic E-state index is -0.853. The van der Waals surface area contributed by atoms with E-state index in [2.05, 4.69) is 29.1 Å². The Hall–Kier alpha value is -1.97. The molecule has 1 aliphatic carbocycles. The minimum absolute atomic E-state index is 0.0142. The van der Waals surface area contributed by atoms with Crippen LogP contribution in [0.15, 0.2) is 35.3 Å². The number of benzene rings is 1. The molecule has 0 amide bonds. The van der Waals surface area contributed by atoms with Crippen molar-refractivity contribution in [2.45, 2.75) is 38.5 Å². The molecule has 0 unspecified atom stereocenters. The number of halogens is 2. The molecule has 3 rings (SSSR count). The Morgan fingerprint density at radius 2 is 1.79 bits per heavy atom. The van der Waals surface area contributed by atoms with Crippen LogP contribution in [0.2, 0.25) is 0 Å². The Balaban J connectivity index is 1.86. The quantitative estimate of drug-likeness (QED) is 0.384. The molecule has 1 aliphatic rings. The highest BCUT2D eigenvalue weighted by molar-refractivity contribution is 7.78. The van der Waals surface area contributed by atoms with Crippen molar-refractivity contribution in [1.82, 2.24) is 4.98 Å². The summed E-state index contributed by atoms with van der Waals surface area (Å²) >= 11 is 4.41. The van der Waals surface area contributed by atoms with Gasteiger partial charge in [0, 0.05) is 11.6 Å². The number of rotatable bonds is 3. The van der Waals surface area contributed by atoms with Gasteiger partial charge in [0.05, 0.1) is 5.16 Å². The lowest BCUT2D eigenvalue weighted by Crippen LogP contribution is -2.10. The maximum absolute atomic E-state index is 14.2. The summed E-state index contributed by atoms with van der Waals surface area (Å²) in [6.07, 6.45) is 4.86. The lowest BCUT2D eigenvalue weighted by Gasteiger charge is -2.26. The zero-order chi connectivity index (χ0) is 17.1. The van der Waals surface area contributed by atoms with E-state index in [0.29, 0.717) is 11.5 Å². The van der Waals surface area contributed by atoms with Crippen molar-refractivity contribution in [2.75, 3.05) is 0 Å². The van der Waals surface area contributed by atoms with Gasteiger partial charge in [0.25, 0.3) is 0 Å². The number of pyridine rings is 1. The zero-order valence-electron chi connectivity index (χ0n) is 13.4. The van der Waals surface area contributed by atoms with Crippen molar-refractivity contribution in [3.05, 3.63) is 47.7 Å². The number of nitrogens with zero attached hydrogens (tertiary/aromatic N) is 2. The fourth-order valence-electron chi connectivity index (χ4n) is 3.29. The second kappa shape index (κ2) is 7.29. The molecule has 2 nitrogen and oxygen atoms in total. The molecule has 24 heavy (non-hydrogen) atoms. The summed E-state index contributed by atoms with van der Waals surface area (Å²) in [6.45, 7) is 2.29. The first-order valence-electron chi connectivity index (χ1n) is 8.12.